The minimum atomic E-state index is -0.0977. The van der Waals surface area contributed by atoms with Gasteiger partial charge in [-0.15, -0.1) is 0 Å². The van der Waals surface area contributed by atoms with Crippen LogP contribution in [-0.4, -0.2) is 11.0 Å². The van der Waals surface area contributed by atoms with Crippen LogP contribution in [0.4, 0.5) is 28.6 Å². The fourth-order valence-electron chi connectivity index (χ4n) is 9.28. The van der Waals surface area contributed by atoms with Crippen molar-refractivity contribution in [2.75, 3.05) is 9.80 Å². The molecule has 0 aliphatic heterocycles. The summed E-state index contributed by atoms with van der Waals surface area (Å²) >= 11 is 0. The highest BCUT2D eigenvalue weighted by molar-refractivity contribution is 6.15. The quantitative estimate of drug-likeness (QED) is 0.155. The summed E-state index contributed by atoms with van der Waals surface area (Å²) in [7, 11) is 0. The first-order valence-corrected chi connectivity index (χ1v) is 20.1. The number of hydrogen-bond acceptors (Lipinski definition) is 3. The van der Waals surface area contributed by atoms with Crippen LogP contribution in [0.1, 0.15) is 22.3 Å². The summed E-state index contributed by atoms with van der Waals surface area (Å²) < 4.78 is 0. The highest BCUT2D eigenvalue weighted by Gasteiger charge is 2.36. The lowest BCUT2D eigenvalue weighted by Crippen LogP contribution is -2.34. The highest BCUT2D eigenvalue weighted by atomic mass is 15.2. The van der Waals surface area contributed by atoms with Crippen molar-refractivity contribution in [2.45, 2.75) is 12.5 Å². The second-order valence-electron chi connectivity index (χ2n) is 15.0. The zero-order chi connectivity index (χ0) is 38.4. The average Bonchev–Trinajstić information content (AvgIpc) is 3.30. The van der Waals surface area contributed by atoms with Gasteiger partial charge in [0.05, 0.1) is 11.7 Å². The molecule has 0 N–H and O–H groups in total. The number of aromatic nitrogens is 1. The normalized spacial score (nSPS) is 14.2. The summed E-state index contributed by atoms with van der Waals surface area (Å²) in [5, 5.41) is 4.97. The number of hydrogen-bond donors (Lipinski definition) is 0. The molecule has 8 aromatic carbocycles. The van der Waals surface area contributed by atoms with Gasteiger partial charge in [0.1, 0.15) is 5.82 Å². The number of pyridine rings is 1. The predicted octanol–water partition coefficient (Wildman–Crippen LogP) is 14.1. The summed E-state index contributed by atoms with van der Waals surface area (Å²) in [6, 6.07) is 72.1. The molecule has 1 heterocycles. The predicted molar refractivity (Wildman–Crippen MR) is 243 cm³/mol. The molecule has 1 aromatic heterocycles. The molecule has 1 atom stereocenters. The van der Waals surface area contributed by atoms with Crippen LogP contribution in [0.2, 0.25) is 0 Å². The molecule has 0 spiro atoms. The van der Waals surface area contributed by atoms with Gasteiger partial charge in [-0.2, -0.15) is 0 Å². The van der Waals surface area contributed by atoms with Crippen LogP contribution in [0.5, 0.6) is 0 Å². The zero-order valence-corrected chi connectivity index (χ0v) is 31.9. The number of anilines is 5. The molecule has 9 aromatic rings. The topological polar surface area (TPSA) is 19.4 Å². The van der Waals surface area contributed by atoms with Crippen LogP contribution in [-0.2, 0) is 6.42 Å². The van der Waals surface area contributed by atoms with E-state index in [1.807, 2.05) is 12.3 Å². The number of nitrogens with zero attached hydrogens (tertiary/aromatic N) is 3. The summed E-state index contributed by atoms with van der Waals surface area (Å²) in [5.41, 5.74) is 14.6. The number of rotatable bonds is 8. The van der Waals surface area contributed by atoms with Gasteiger partial charge in [-0.3, -0.25) is 4.90 Å². The van der Waals surface area contributed by atoms with Crippen LogP contribution in [0.15, 0.2) is 219 Å². The number of para-hydroxylation sites is 2. The van der Waals surface area contributed by atoms with Crippen molar-refractivity contribution in [3.05, 3.63) is 241 Å². The largest absolute Gasteiger partial charge is 0.330 e. The Morgan fingerprint density at radius 3 is 1.90 bits per heavy atom. The van der Waals surface area contributed by atoms with E-state index in [1.165, 1.54) is 71.8 Å². The molecule has 0 fully saturated rings. The van der Waals surface area contributed by atoms with E-state index < -0.39 is 0 Å². The van der Waals surface area contributed by atoms with Crippen molar-refractivity contribution in [1.82, 2.24) is 4.98 Å². The Kier molecular flexibility index (Phi) is 8.29. The van der Waals surface area contributed by atoms with E-state index in [0.29, 0.717) is 0 Å². The first kappa shape index (κ1) is 33.8. The van der Waals surface area contributed by atoms with Crippen molar-refractivity contribution < 1.29 is 0 Å². The van der Waals surface area contributed by atoms with Crippen LogP contribution in [0.3, 0.4) is 0 Å². The van der Waals surface area contributed by atoms with E-state index >= 15 is 0 Å². The molecule has 0 saturated heterocycles. The molecule has 2 aliphatic carbocycles. The van der Waals surface area contributed by atoms with Crippen molar-refractivity contribution in [2.24, 2.45) is 0 Å². The Hall–Kier alpha value is -7.49. The number of benzene rings is 8. The van der Waals surface area contributed by atoms with Crippen LogP contribution in [0.25, 0.3) is 43.8 Å². The SMILES string of the molecule is C1=C(c2ccccc2)c2ccc3c(N(c4ccccc4)c4ccccn4)cc(-c4ccccc4)c4c3c2C(=CC4)C1N(c1ccccc1)c1cccc2ccccc12. The Morgan fingerprint density at radius 2 is 1.16 bits per heavy atom. The van der Waals surface area contributed by atoms with Crippen LogP contribution < -0.4 is 9.80 Å². The zero-order valence-electron chi connectivity index (χ0n) is 31.9. The molecule has 2 aliphatic rings. The summed E-state index contributed by atoms with van der Waals surface area (Å²) in [5.74, 6) is 0.876. The third-order valence-electron chi connectivity index (χ3n) is 11.8. The van der Waals surface area contributed by atoms with Crippen molar-refractivity contribution in [3.8, 4) is 11.1 Å². The molecule has 0 saturated carbocycles. The number of allylic oxidation sites excluding steroid dienone is 1. The van der Waals surface area contributed by atoms with E-state index in [-0.39, 0.29) is 6.04 Å². The fraction of sp³-hybridized carbons (Fsp3) is 0.0364. The van der Waals surface area contributed by atoms with Gasteiger partial charge < -0.3 is 4.90 Å². The van der Waals surface area contributed by atoms with Crippen molar-refractivity contribution in [1.29, 1.82) is 0 Å². The summed E-state index contributed by atoms with van der Waals surface area (Å²) in [6.07, 6.45) is 7.73. The molecule has 0 bridgehead atoms. The first-order valence-electron chi connectivity index (χ1n) is 20.1. The average molecular weight is 742 g/mol. The molecule has 3 nitrogen and oxygen atoms in total. The minimum absolute atomic E-state index is 0.0977. The van der Waals surface area contributed by atoms with Gasteiger partial charge in [-0.1, -0.05) is 158 Å². The molecule has 11 rings (SSSR count). The maximum atomic E-state index is 4.96. The molecule has 58 heavy (non-hydrogen) atoms. The Balaban J connectivity index is 1.25. The third-order valence-corrected chi connectivity index (χ3v) is 11.8. The second-order valence-corrected chi connectivity index (χ2v) is 15.0. The smallest absolute Gasteiger partial charge is 0.137 e. The third kappa shape index (κ3) is 5.63. The van der Waals surface area contributed by atoms with E-state index in [0.717, 1.165) is 29.3 Å². The molecular formula is C55H39N3. The maximum absolute atomic E-state index is 4.96. The van der Waals surface area contributed by atoms with Gasteiger partial charge in [0.25, 0.3) is 0 Å². The standard InChI is InChI=1S/C55H39N3/c1-5-18-39(19-6-1)48-36-51(57(41-24-9-3-10-25-41)50-29-17-23-38-22-13-14-28-43(38)50)46-33-31-45-49(40-20-7-2-8-21-40)37-52(47-34-32-44(48)54(46)55(45)47)58(42-26-11-4-12-27-42)53-30-15-16-35-56-53/h1-30,32-37,51H,31H2. The van der Waals surface area contributed by atoms with Gasteiger partial charge in [-0.25, -0.2) is 4.98 Å². The van der Waals surface area contributed by atoms with Crippen LogP contribution in [0, 0.1) is 0 Å². The maximum Gasteiger partial charge on any atom is 0.137 e. The van der Waals surface area contributed by atoms with Crippen molar-refractivity contribution in [3.63, 3.8) is 0 Å². The van der Waals surface area contributed by atoms with Gasteiger partial charge in [-0.05, 0) is 116 Å². The fourth-order valence-corrected chi connectivity index (χ4v) is 9.28. The Labute approximate surface area is 339 Å². The van der Waals surface area contributed by atoms with E-state index in [4.69, 9.17) is 4.98 Å². The molecule has 3 heteroatoms. The molecule has 1 unspecified atom stereocenters. The highest BCUT2D eigenvalue weighted by Crippen LogP contribution is 2.53. The first-order chi connectivity index (χ1) is 28.8. The minimum Gasteiger partial charge on any atom is -0.330 e. The lowest BCUT2D eigenvalue weighted by molar-refractivity contribution is 0.951. The molecule has 0 amide bonds. The Bertz CT molecular complexity index is 2970. The monoisotopic (exact) mass is 741 g/mol. The number of fused-ring (bicyclic) bond motifs is 1. The Morgan fingerprint density at radius 1 is 0.500 bits per heavy atom. The van der Waals surface area contributed by atoms with Gasteiger partial charge in [0.15, 0.2) is 0 Å². The van der Waals surface area contributed by atoms with E-state index in [1.54, 1.807) is 0 Å². The van der Waals surface area contributed by atoms with Gasteiger partial charge in [0, 0.05) is 34.0 Å². The second kappa shape index (κ2) is 14.2. The van der Waals surface area contributed by atoms with Gasteiger partial charge >= 0.3 is 0 Å². The van der Waals surface area contributed by atoms with Crippen molar-refractivity contribution >= 4 is 61.3 Å². The molecular weight excluding hydrogens is 703 g/mol. The molecule has 0 radical (unpaired) electrons. The van der Waals surface area contributed by atoms with E-state index in [9.17, 15) is 0 Å². The summed E-state index contributed by atoms with van der Waals surface area (Å²) in [6.45, 7) is 0. The lowest BCUT2D eigenvalue weighted by atomic mass is 9.73. The van der Waals surface area contributed by atoms with E-state index in [2.05, 4.69) is 216 Å². The van der Waals surface area contributed by atoms with Crippen LogP contribution >= 0.6 is 0 Å². The molecule has 274 valence electrons. The summed E-state index contributed by atoms with van der Waals surface area (Å²) in [4.78, 5) is 9.85. The van der Waals surface area contributed by atoms with Gasteiger partial charge in [0.2, 0.25) is 0 Å². The lowest BCUT2D eigenvalue weighted by Gasteiger charge is -2.40.